The first kappa shape index (κ1) is 20.0. The molecule has 0 aromatic heterocycles. The number of hydrogen-bond donors (Lipinski definition) is 3. The minimum Gasteiger partial charge on any atom is -0.481 e. The standard InChI is InChI=1S/C19H20BrN3O6/c1-29-7-6-23-16(26)14-12(4-5-13(24)25)22-19(15(14)17(23)27)10-8-9(20)2-3-11(10)21-18(19)28/h2-3,8,12,14-15,22H,4-7H2,1H3,(H,21,28)(H,24,25). The Morgan fingerprint density at radius 2 is 2.07 bits per heavy atom. The SMILES string of the molecule is COCCN1C(=O)C2C(CCC(=O)O)NC3(C(=O)Nc4ccc(Br)cc43)C2C1=O. The smallest absolute Gasteiger partial charge is 0.303 e. The molecular weight excluding hydrogens is 446 g/mol. The monoisotopic (exact) mass is 465 g/mol. The van der Waals surface area contributed by atoms with Gasteiger partial charge in [0.1, 0.15) is 5.54 Å². The second-order valence-corrected chi connectivity index (χ2v) is 8.38. The predicted molar refractivity (Wildman–Crippen MR) is 104 cm³/mol. The van der Waals surface area contributed by atoms with Crippen LogP contribution < -0.4 is 10.6 Å². The lowest BCUT2D eigenvalue weighted by Gasteiger charge is -2.29. The zero-order chi connectivity index (χ0) is 20.9. The van der Waals surface area contributed by atoms with Crippen molar-refractivity contribution < 1.29 is 29.0 Å². The number of rotatable bonds is 6. The van der Waals surface area contributed by atoms with E-state index >= 15 is 0 Å². The highest BCUT2D eigenvalue weighted by Crippen LogP contribution is 2.53. The van der Waals surface area contributed by atoms with Crippen LogP contribution in [0.1, 0.15) is 18.4 Å². The van der Waals surface area contributed by atoms with Gasteiger partial charge in [0.05, 0.1) is 25.0 Å². The van der Waals surface area contributed by atoms with E-state index in [-0.39, 0.29) is 26.0 Å². The van der Waals surface area contributed by atoms with Gasteiger partial charge in [-0.25, -0.2) is 0 Å². The molecule has 4 atom stereocenters. The maximum Gasteiger partial charge on any atom is 0.303 e. The Labute approximate surface area is 174 Å². The number of carboxylic acid groups (broad SMARTS) is 1. The van der Waals surface area contributed by atoms with Gasteiger partial charge in [-0.05, 0) is 24.6 Å². The summed E-state index contributed by atoms with van der Waals surface area (Å²) in [6.45, 7) is 0.279. The van der Waals surface area contributed by atoms with Gasteiger partial charge in [-0.15, -0.1) is 0 Å². The molecule has 29 heavy (non-hydrogen) atoms. The molecule has 4 unspecified atom stereocenters. The van der Waals surface area contributed by atoms with Crippen molar-refractivity contribution in [2.24, 2.45) is 11.8 Å². The van der Waals surface area contributed by atoms with E-state index in [2.05, 4.69) is 26.6 Å². The van der Waals surface area contributed by atoms with Crippen molar-refractivity contribution in [3.63, 3.8) is 0 Å². The molecule has 3 amide bonds. The van der Waals surface area contributed by atoms with E-state index in [4.69, 9.17) is 9.84 Å². The zero-order valence-corrected chi connectivity index (χ0v) is 17.2. The minimum absolute atomic E-state index is 0.0931. The summed E-state index contributed by atoms with van der Waals surface area (Å²) in [6, 6.07) is 4.65. The fourth-order valence-corrected chi connectivity index (χ4v) is 5.13. The Morgan fingerprint density at radius 3 is 2.76 bits per heavy atom. The summed E-state index contributed by atoms with van der Waals surface area (Å²) < 4.78 is 5.74. The number of fused-ring (bicyclic) bond motifs is 4. The first-order valence-corrected chi connectivity index (χ1v) is 10.1. The zero-order valence-electron chi connectivity index (χ0n) is 15.6. The van der Waals surface area contributed by atoms with Gasteiger partial charge in [0, 0.05) is 35.3 Å². The van der Waals surface area contributed by atoms with Crippen LogP contribution in [0.2, 0.25) is 0 Å². The van der Waals surface area contributed by atoms with Crippen molar-refractivity contribution in [2.75, 3.05) is 25.6 Å². The van der Waals surface area contributed by atoms with Crippen molar-refractivity contribution in [3.8, 4) is 0 Å². The number of carbonyl (C=O) groups is 4. The lowest BCUT2D eigenvalue weighted by molar-refractivity contribution is -0.144. The molecule has 9 nitrogen and oxygen atoms in total. The first-order valence-electron chi connectivity index (χ1n) is 9.26. The van der Waals surface area contributed by atoms with E-state index in [9.17, 15) is 19.2 Å². The van der Waals surface area contributed by atoms with E-state index < -0.39 is 47.1 Å². The molecule has 10 heteroatoms. The molecule has 4 rings (SSSR count). The van der Waals surface area contributed by atoms with Crippen molar-refractivity contribution in [1.29, 1.82) is 0 Å². The van der Waals surface area contributed by atoms with Crippen LogP contribution in [0.3, 0.4) is 0 Å². The molecule has 1 spiro atoms. The molecule has 0 bridgehead atoms. The summed E-state index contributed by atoms with van der Waals surface area (Å²) in [5.41, 5.74) is -0.264. The molecule has 1 aromatic rings. The summed E-state index contributed by atoms with van der Waals surface area (Å²) in [7, 11) is 1.47. The van der Waals surface area contributed by atoms with Crippen LogP contribution in [0.15, 0.2) is 22.7 Å². The Morgan fingerprint density at radius 1 is 1.31 bits per heavy atom. The van der Waals surface area contributed by atoms with Crippen LogP contribution in [0.5, 0.6) is 0 Å². The molecule has 0 radical (unpaired) electrons. The molecule has 1 aromatic carbocycles. The third-order valence-electron chi connectivity index (χ3n) is 5.96. The number of likely N-dealkylation sites (tertiary alicyclic amines) is 1. The van der Waals surface area contributed by atoms with Gasteiger partial charge in [0.15, 0.2) is 0 Å². The van der Waals surface area contributed by atoms with Crippen LogP contribution in [0, 0.1) is 11.8 Å². The van der Waals surface area contributed by atoms with Crippen molar-refractivity contribution in [1.82, 2.24) is 10.2 Å². The highest BCUT2D eigenvalue weighted by molar-refractivity contribution is 9.10. The van der Waals surface area contributed by atoms with Gasteiger partial charge in [0.2, 0.25) is 17.7 Å². The minimum atomic E-state index is -1.42. The van der Waals surface area contributed by atoms with Crippen molar-refractivity contribution in [3.05, 3.63) is 28.2 Å². The number of nitrogens with one attached hydrogen (secondary N) is 2. The number of carboxylic acids is 1. The number of halogens is 1. The van der Waals surface area contributed by atoms with Crippen molar-refractivity contribution >= 4 is 45.3 Å². The molecule has 3 aliphatic heterocycles. The highest BCUT2D eigenvalue weighted by atomic mass is 79.9. The molecule has 3 aliphatic rings. The largest absolute Gasteiger partial charge is 0.481 e. The molecule has 154 valence electrons. The van der Waals surface area contributed by atoms with Gasteiger partial charge >= 0.3 is 5.97 Å². The lowest BCUT2D eigenvalue weighted by Crippen LogP contribution is -2.53. The lowest BCUT2D eigenvalue weighted by atomic mass is 9.76. The quantitative estimate of drug-likeness (QED) is 0.527. The number of imide groups is 1. The molecule has 3 heterocycles. The molecule has 0 aliphatic carbocycles. The third kappa shape index (κ3) is 2.89. The Hall–Kier alpha value is -2.30. The fraction of sp³-hybridized carbons (Fsp3) is 0.474. The average molecular weight is 466 g/mol. The van der Waals surface area contributed by atoms with Gasteiger partial charge in [-0.3, -0.25) is 29.4 Å². The van der Waals surface area contributed by atoms with Gasteiger partial charge in [-0.2, -0.15) is 0 Å². The second kappa shape index (κ2) is 7.19. The number of ether oxygens (including phenoxy) is 1. The molecular formula is C19H20BrN3O6. The topological polar surface area (TPSA) is 125 Å². The van der Waals surface area contributed by atoms with Crippen LogP contribution in [-0.4, -0.2) is 60.0 Å². The van der Waals surface area contributed by atoms with Crippen LogP contribution in [-0.2, 0) is 29.5 Å². The molecule has 2 fully saturated rings. The molecule has 0 saturated carbocycles. The first-order chi connectivity index (χ1) is 13.8. The van der Waals surface area contributed by atoms with Crippen LogP contribution >= 0.6 is 15.9 Å². The summed E-state index contributed by atoms with van der Waals surface area (Å²) in [5, 5.41) is 15.1. The number of methoxy groups -OCH3 is 1. The van der Waals surface area contributed by atoms with Crippen molar-refractivity contribution in [2.45, 2.75) is 24.4 Å². The van der Waals surface area contributed by atoms with E-state index in [0.29, 0.717) is 11.3 Å². The van der Waals surface area contributed by atoms with Gasteiger partial charge < -0.3 is 15.2 Å². The summed E-state index contributed by atoms with van der Waals surface area (Å²) in [4.78, 5) is 51.8. The predicted octanol–water partition coefficient (Wildman–Crippen LogP) is 0.681. The van der Waals surface area contributed by atoms with E-state index in [1.54, 1.807) is 18.2 Å². The average Bonchev–Trinajstić information content (AvgIpc) is 3.24. The number of aliphatic carboxylic acids is 1. The maximum atomic E-state index is 13.3. The van der Waals surface area contributed by atoms with E-state index in [0.717, 1.165) is 9.37 Å². The molecule has 3 N–H and O–H groups in total. The Kier molecular flexibility index (Phi) is 4.96. The number of anilines is 1. The van der Waals surface area contributed by atoms with Crippen LogP contribution in [0.25, 0.3) is 0 Å². The fourth-order valence-electron chi connectivity index (χ4n) is 4.76. The van der Waals surface area contributed by atoms with Crippen LogP contribution in [0.4, 0.5) is 5.69 Å². The number of benzene rings is 1. The number of nitrogens with zero attached hydrogens (tertiary/aromatic N) is 1. The third-order valence-corrected chi connectivity index (χ3v) is 6.45. The molecule has 2 saturated heterocycles. The van der Waals surface area contributed by atoms with E-state index in [1.165, 1.54) is 7.11 Å². The van der Waals surface area contributed by atoms with Gasteiger partial charge in [0.25, 0.3) is 0 Å². The number of hydrogen-bond acceptors (Lipinski definition) is 6. The Bertz CT molecular complexity index is 921. The number of carbonyl (C=O) groups excluding carboxylic acids is 3. The second-order valence-electron chi connectivity index (χ2n) is 7.46. The maximum absolute atomic E-state index is 13.3. The summed E-state index contributed by atoms with van der Waals surface area (Å²) in [5.74, 6) is -4.00. The highest BCUT2D eigenvalue weighted by Gasteiger charge is 2.70. The normalized spacial score (nSPS) is 30.1. The van der Waals surface area contributed by atoms with E-state index in [1.807, 2.05) is 0 Å². The number of amides is 3. The summed E-state index contributed by atoms with van der Waals surface area (Å²) in [6.07, 6.45) is -0.0462. The summed E-state index contributed by atoms with van der Waals surface area (Å²) >= 11 is 3.40. The van der Waals surface area contributed by atoms with Gasteiger partial charge in [-0.1, -0.05) is 15.9 Å². The Balaban J connectivity index is 1.81.